The maximum atomic E-state index is 11.2. The number of carboxylic acids is 1. The monoisotopic (exact) mass is 202 g/mol. The van der Waals surface area contributed by atoms with E-state index in [0.29, 0.717) is 13.0 Å². The van der Waals surface area contributed by atoms with Gasteiger partial charge in [0, 0.05) is 6.54 Å². The minimum absolute atomic E-state index is 0.124. The van der Waals surface area contributed by atoms with E-state index in [1.807, 2.05) is 6.92 Å². The summed E-state index contributed by atoms with van der Waals surface area (Å²) in [6.45, 7) is 4.30. The van der Waals surface area contributed by atoms with Gasteiger partial charge in [0.1, 0.15) is 6.04 Å². The van der Waals surface area contributed by atoms with Crippen LogP contribution < -0.4 is 5.32 Å². The number of amides is 1. The van der Waals surface area contributed by atoms with E-state index >= 15 is 0 Å². The third kappa shape index (κ3) is 4.23. The summed E-state index contributed by atoms with van der Waals surface area (Å²) >= 11 is 0. The summed E-state index contributed by atoms with van der Waals surface area (Å²) in [4.78, 5) is 23.4. The number of carbonyl (C=O) groups excluding carboxylic acids is 1. The second-order valence-electron chi connectivity index (χ2n) is 3.13. The molecule has 1 unspecified atom stereocenters. The second kappa shape index (κ2) is 6.37. The Morgan fingerprint density at radius 1 is 1.43 bits per heavy atom. The Labute approximate surface area is 84.1 Å². The number of nitrogens with zero attached hydrogens (tertiary/aromatic N) is 1. The summed E-state index contributed by atoms with van der Waals surface area (Å²) in [7, 11) is 1.64. The lowest BCUT2D eigenvalue weighted by Gasteiger charge is -2.22. The van der Waals surface area contributed by atoms with Crippen LogP contribution in [0.25, 0.3) is 0 Å². The van der Waals surface area contributed by atoms with E-state index in [1.54, 1.807) is 14.0 Å². The predicted octanol–water partition coefficient (Wildman–Crippen LogP) is -0.0825. The maximum absolute atomic E-state index is 11.2. The molecule has 14 heavy (non-hydrogen) atoms. The molecule has 0 aromatic heterocycles. The molecule has 5 nitrogen and oxygen atoms in total. The highest BCUT2D eigenvalue weighted by Crippen LogP contribution is 2.00. The average Bonchev–Trinajstić information content (AvgIpc) is 2.04. The highest BCUT2D eigenvalue weighted by atomic mass is 16.4. The molecular formula is C9H18N2O3. The summed E-state index contributed by atoms with van der Waals surface area (Å²) < 4.78 is 0. The summed E-state index contributed by atoms with van der Waals surface area (Å²) in [5.41, 5.74) is 0. The van der Waals surface area contributed by atoms with Crippen LogP contribution in [0.4, 0.5) is 0 Å². The smallest absolute Gasteiger partial charge is 0.320 e. The van der Waals surface area contributed by atoms with Crippen molar-refractivity contribution in [2.45, 2.75) is 26.3 Å². The number of aliphatic carboxylic acids is 1. The molecule has 0 aliphatic carbocycles. The molecular weight excluding hydrogens is 184 g/mol. The van der Waals surface area contributed by atoms with Gasteiger partial charge >= 0.3 is 5.97 Å². The van der Waals surface area contributed by atoms with Gasteiger partial charge in [-0.1, -0.05) is 6.92 Å². The molecule has 0 saturated carbocycles. The van der Waals surface area contributed by atoms with Crippen LogP contribution in [-0.4, -0.2) is 48.1 Å². The van der Waals surface area contributed by atoms with Gasteiger partial charge < -0.3 is 10.4 Å². The van der Waals surface area contributed by atoms with Gasteiger partial charge in [-0.3, -0.25) is 14.5 Å². The van der Waals surface area contributed by atoms with Crippen molar-refractivity contribution < 1.29 is 14.7 Å². The van der Waals surface area contributed by atoms with Gasteiger partial charge in [-0.15, -0.1) is 0 Å². The van der Waals surface area contributed by atoms with Crippen molar-refractivity contribution in [2.75, 3.05) is 20.1 Å². The summed E-state index contributed by atoms with van der Waals surface area (Å²) in [5.74, 6) is -1.03. The summed E-state index contributed by atoms with van der Waals surface area (Å²) in [5, 5.41) is 11.4. The van der Waals surface area contributed by atoms with Crippen LogP contribution in [0.5, 0.6) is 0 Å². The molecule has 0 bridgehead atoms. The van der Waals surface area contributed by atoms with Crippen LogP contribution in [0.3, 0.4) is 0 Å². The van der Waals surface area contributed by atoms with Crippen LogP contribution in [0.15, 0.2) is 0 Å². The lowest BCUT2D eigenvalue weighted by Crippen LogP contribution is -2.44. The first kappa shape index (κ1) is 12.9. The van der Waals surface area contributed by atoms with Crippen molar-refractivity contribution in [1.29, 1.82) is 0 Å². The molecule has 0 aromatic carbocycles. The lowest BCUT2D eigenvalue weighted by atomic mass is 10.2. The molecule has 5 heteroatoms. The van der Waals surface area contributed by atoms with Crippen LogP contribution in [0, 0.1) is 0 Å². The Bertz CT molecular complexity index is 206. The van der Waals surface area contributed by atoms with Crippen molar-refractivity contribution in [3.8, 4) is 0 Å². The van der Waals surface area contributed by atoms with E-state index in [4.69, 9.17) is 5.11 Å². The Balaban J connectivity index is 4.10. The molecule has 0 aromatic rings. The van der Waals surface area contributed by atoms with E-state index < -0.39 is 12.0 Å². The largest absolute Gasteiger partial charge is 0.480 e. The minimum Gasteiger partial charge on any atom is -0.480 e. The van der Waals surface area contributed by atoms with E-state index in [1.165, 1.54) is 4.90 Å². The molecule has 1 atom stereocenters. The first-order chi connectivity index (χ1) is 6.52. The van der Waals surface area contributed by atoms with E-state index in [-0.39, 0.29) is 12.5 Å². The Kier molecular flexibility index (Phi) is 5.87. The third-order valence-corrected chi connectivity index (χ3v) is 1.97. The zero-order chi connectivity index (χ0) is 11.1. The fourth-order valence-electron chi connectivity index (χ4n) is 1.26. The second-order valence-corrected chi connectivity index (χ2v) is 3.13. The Hall–Kier alpha value is -1.10. The highest BCUT2D eigenvalue weighted by Gasteiger charge is 2.21. The number of hydrogen-bond acceptors (Lipinski definition) is 3. The number of rotatable bonds is 6. The predicted molar refractivity (Wildman–Crippen MR) is 53.0 cm³/mol. The van der Waals surface area contributed by atoms with Crippen molar-refractivity contribution in [3.05, 3.63) is 0 Å². The maximum Gasteiger partial charge on any atom is 0.320 e. The highest BCUT2D eigenvalue weighted by molar-refractivity contribution is 5.79. The zero-order valence-electron chi connectivity index (χ0n) is 8.91. The van der Waals surface area contributed by atoms with E-state index in [9.17, 15) is 9.59 Å². The van der Waals surface area contributed by atoms with Crippen molar-refractivity contribution in [3.63, 3.8) is 0 Å². The van der Waals surface area contributed by atoms with E-state index in [0.717, 1.165) is 0 Å². The molecule has 2 N–H and O–H groups in total. The molecule has 0 aliphatic heterocycles. The molecule has 0 saturated heterocycles. The Morgan fingerprint density at radius 2 is 2.00 bits per heavy atom. The quantitative estimate of drug-likeness (QED) is 0.632. The fourth-order valence-corrected chi connectivity index (χ4v) is 1.26. The number of nitrogens with one attached hydrogen (secondary N) is 1. The van der Waals surface area contributed by atoms with Gasteiger partial charge in [0.15, 0.2) is 0 Å². The van der Waals surface area contributed by atoms with Crippen LogP contribution in [0.1, 0.15) is 20.3 Å². The van der Waals surface area contributed by atoms with Crippen LogP contribution in [0.2, 0.25) is 0 Å². The normalized spacial score (nSPS) is 12.6. The average molecular weight is 202 g/mol. The van der Waals surface area contributed by atoms with Gasteiger partial charge in [-0.2, -0.15) is 0 Å². The standard InChI is InChI=1S/C9H18N2O3/c1-4-7(9(13)14)11(3)6-8(12)10-5-2/h7H,4-6H2,1-3H3,(H,10,12)(H,13,14). The van der Waals surface area contributed by atoms with Crippen LogP contribution >= 0.6 is 0 Å². The molecule has 0 rings (SSSR count). The molecule has 0 spiro atoms. The molecule has 1 amide bonds. The Morgan fingerprint density at radius 3 is 2.36 bits per heavy atom. The zero-order valence-corrected chi connectivity index (χ0v) is 8.91. The molecule has 82 valence electrons. The van der Waals surface area contributed by atoms with Crippen molar-refractivity contribution in [2.24, 2.45) is 0 Å². The summed E-state index contributed by atoms with van der Waals surface area (Å²) in [6, 6.07) is -0.586. The molecule has 0 heterocycles. The first-order valence-corrected chi connectivity index (χ1v) is 4.72. The minimum atomic E-state index is -0.890. The first-order valence-electron chi connectivity index (χ1n) is 4.72. The molecule has 0 radical (unpaired) electrons. The topological polar surface area (TPSA) is 69.6 Å². The van der Waals surface area contributed by atoms with Crippen molar-refractivity contribution in [1.82, 2.24) is 10.2 Å². The lowest BCUT2D eigenvalue weighted by molar-refractivity contribution is -0.143. The van der Waals surface area contributed by atoms with Crippen molar-refractivity contribution >= 4 is 11.9 Å². The van der Waals surface area contributed by atoms with E-state index in [2.05, 4.69) is 5.32 Å². The fraction of sp³-hybridized carbons (Fsp3) is 0.778. The number of likely N-dealkylation sites (N-methyl/N-ethyl adjacent to an activating group) is 2. The van der Waals surface area contributed by atoms with Gasteiger partial charge in [0.25, 0.3) is 0 Å². The number of carbonyl (C=O) groups is 2. The van der Waals surface area contributed by atoms with Crippen LogP contribution in [-0.2, 0) is 9.59 Å². The summed E-state index contributed by atoms with van der Waals surface area (Å²) in [6.07, 6.45) is 0.491. The molecule has 0 aliphatic rings. The number of hydrogen-bond donors (Lipinski definition) is 2. The number of carboxylic acid groups (broad SMARTS) is 1. The SMILES string of the molecule is CCNC(=O)CN(C)C(CC)C(=O)O. The van der Waals surface area contributed by atoms with Gasteiger partial charge in [-0.05, 0) is 20.4 Å². The van der Waals surface area contributed by atoms with Gasteiger partial charge in [-0.25, -0.2) is 0 Å². The van der Waals surface area contributed by atoms with Gasteiger partial charge in [0.05, 0.1) is 6.54 Å². The molecule has 0 fully saturated rings. The third-order valence-electron chi connectivity index (χ3n) is 1.97. The van der Waals surface area contributed by atoms with Gasteiger partial charge in [0.2, 0.25) is 5.91 Å².